The third kappa shape index (κ3) is 3.22. The molecule has 0 aliphatic carbocycles. The second-order valence-corrected chi connectivity index (χ2v) is 8.68. The number of aromatic amines is 1. The summed E-state index contributed by atoms with van der Waals surface area (Å²) in [6.45, 7) is 1.05. The maximum atomic E-state index is 13.3. The first-order valence-electron chi connectivity index (χ1n) is 10.8. The number of rotatable bonds is 2. The summed E-state index contributed by atoms with van der Waals surface area (Å²) < 4.78 is 1.66. The minimum Gasteiger partial charge on any atom is -0.508 e. The fourth-order valence-electron chi connectivity index (χ4n) is 4.52. The van der Waals surface area contributed by atoms with Crippen LogP contribution in [0.2, 0.25) is 5.02 Å². The summed E-state index contributed by atoms with van der Waals surface area (Å²) in [5, 5.41) is 18.6. The van der Waals surface area contributed by atoms with Crippen molar-refractivity contribution in [1.29, 1.82) is 0 Å². The molecule has 9 heteroatoms. The number of phenolic OH excluding ortho intramolecular Hbond substituents is 1. The number of nitrogens with one attached hydrogen (secondary N) is 1. The lowest BCUT2D eigenvalue weighted by atomic mass is 9.99. The Bertz CT molecular complexity index is 1660. The van der Waals surface area contributed by atoms with E-state index in [2.05, 4.69) is 15.2 Å². The molecule has 3 aromatic carbocycles. The van der Waals surface area contributed by atoms with Crippen LogP contribution in [0.25, 0.3) is 28.1 Å². The van der Waals surface area contributed by atoms with Crippen molar-refractivity contribution < 1.29 is 9.90 Å². The lowest BCUT2D eigenvalue weighted by Gasteiger charge is -2.29. The standard InChI is InChI=1S/C25H18ClN5O3/c26-19-3-1-2-16-13-30(11-10-18(16)19)25(34)15-6-9-21-20(12-15)27-24(33)23-29-28-22(31(21)23)14-4-7-17(32)8-5-14/h1-9,12,32H,10-11,13H2,(H,27,33). The number of aromatic nitrogens is 4. The van der Waals surface area contributed by atoms with Crippen LogP contribution in [0, 0.1) is 0 Å². The van der Waals surface area contributed by atoms with Crippen molar-refractivity contribution in [3.63, 3.8) is 0 Å². The zero-order chi connectivity index (χ0) is 23.4. The molecular formula is C25H18ClN5O3. The first-order valence-corrected chi connectivity index (χ1v) is 11.1. The molecule has 6 rings (SSSR count). The Labute approximate surface area is 198 Å². The van der Waals surface area contributed by atoms with Gasteiger partial charge in [-0.1, -0.05) is 23.7 Å². The van der Waals surface area contributed by atoms with Gasteiger partial charge in [-0.2, -0.15) is 0 Å². The maximum Gasteiger partial charge on any atom is 0.294 e. The highest BCUT2D eigenvalue weighted by atomic mass is 35.5. The summed E-state index contributed by atoms with van der Waals surface area (Å²) in [6, 6.07) is 17.5. The summed E-state index contributed by atoms with van der Waals surface area (Å²) in [6.07, 6.45) is 0.697. The topological polar surface area (TPSA) is 104 Å². The van der Waals surface area contributed by atoms with E-state index in [1.54, 1.807) is 51.8 Å². The van der Waals surface area contributed by atoms with Gasteiger partial charge in [-0.3, -0.25) is 14.0 Å². The largest absolute Gasteiger partial charge is 0.508 e. The molecule has 0 atom stereocenters. The lowest BCUT2D eigenvalue weighted by Crippen LogP contribution is -2.36. The highest BCUT2D eigenvalue weighted by Gasteiger charge is 2.24. The van der Waals surface area contributed by atoms with Crippen LogP contribution >= 0.6 is 11.6 Å². The second kappa shape index (κ2) is 7.71. The first kappa shape index (κ1) is 20.4. The van der Waals surface area contributed by atoms with Gasteiger partial charge in [0.1, 0.15) is 5.75 Å². The van der Waals surface area contributed by atoms with Crippen LogP contribution in [0.3, 0.4) is 0 Å². The highest BCUT2D eigenvalue weighted by Crippen LogP contribution is 2.28. The number of halogens is 1. The molecule has 168 valence electrons. The quantitative estimate of drug-likeness (QED) is 0.407. The predicted molar refractivity (Wildman–Crippen MR) is 128 cm³/mol. The number of hydrogen-bond donors (Lipinski definition) is 2. The normalized spacial score (nSPS) is 13.4. The van der Waals surface area contributed by atoms with Crippen LogP contribution in [-0.4, -0.2) is 42.0 Å². The fraction of sp³-hybridized carbons (Fsp3) is 0.120. The van der Waals surface area contributed by atoms with Crippen molar-refractivity contribution in [2.24, 2.45) is 0 Å². The molecular weight excluding hydrogens is 454 g/mol. The van der Waals surface area contributed by atoms with Gasteiger partial charge in [-0.25, -0.2) is 0 Å². The van der Waals surface area contributed by atoms with Gasteiger partial charge in [0.15, 0.2) is 5.82 Å². The van der Waals surface area contributed by atoms with Crippen LogP contribution in [-0.2, 0) is 13.0 Å². The minimum atomic E-state index is -0.406. The van der Waals surface area contributed by atoms with Crippen molar-refractivity contribution in [3.05, 3.63) is 92.7 Å². The van der Waals surface area contributed by atoms with Crippen molar-refractivity contribution in [3.8, 4) is 17.1 Å². The number of carbonyl (C=O) groups is 1. The first-order chi connectivity index (χ1) is 16.5. The Morgan fingerprint density at radius 1 is 1.06 bits per heavy atom. The Balaban J connectivity index is 1.42. The smallest absolute Gasteiger partial charge is 0.294 e. The van der Waals surface area contributed by atoms with E-state index in [0.29, 0.717) is 47.5 Å². The maximum absolute atomic E-state index is 13.3. The number of H-pyrrole nitrogens is 1. The lowest BCUT2D eigenvalue weighted by molar-refractivity contribution is 0.0735. The number of hydrogen-bond acceptors (Lipinski definition) is 5. The molecule has 5 aromatic rings. The molecule has 0 saturated heterocycles. The number of benzene rings is 3. The number of carbonyl (C=O) groups excluding carboxylic acids is 1. The molecule has 1 amide bonds. The number of phenols is 1. The van der Waals surface area contributed by atoms with Crippen LogP contribution in [0.4, 0.5) is 0 Å². The van der Waals surface area contributed by atoms with Gasteiger partial charge in [-0.05, 0) is 66.1 Å². The average molecular weight is 472 g/mol. The van der Waals surface area contributed by atoms with Crippen molar-refractivity contribution in [2.45, 2.75) is 13.0 Å². The summed E-state index contributed by atoms with van der Waals surface area (Å²) in [5.74, 6) is 0.483. The van der Waals surface area contributed by atoms with Gasteiger partial charge in [0.2, 0.25) is 5.65 Å². The Hall–Kier alpha value is -4.17. The van der Waals surface area contributed by atoms with Crippen LogP contribution < -0.4 is 5.56 Å². The molecule has 0 saturated carbocycles. The number of aromatic hydroxyl groups is 1. The molecule has 0 bridgehead atoms. The second-order valence-electron chi connectivity index (χ2n) is 8.27. The molecule has 8 nitrogen and oxygen atoms in total. The number of amides is 1. The average Bonchev–Trinajstić information content (AvgIpc) is 3.30. The molecule has 1 aliphatic rings. The SMILES string of the molecule is O=C(c1ccc2c(c1)[nH]c(=O)c1nnc(-c3ccc(O)cc3)n12)N1CCc2c(Cl)cccc2C1. The molecule has 2 aromatic heterocycles. The minimum absolute atomic E-state index is 0.115. The molecule has 0 spiro atoms. The predicted octanol–water partition coefficient (Wildman–Crippen LogP) is 3.80. The van der Waals surface area contributed by atoms with Crippen LogP contribution in [0.1, 0.15) is 21.5 Å². The highest BCUT2D eigenvalue weighted by molar-refractivity contribution is 6.31. The van der Waals surface area contributed by atoms with E-state index < -0.39 is 5.56 Å². The van der Waals surface area contributed by atoms with E-state index in [0.717, 1.165) is 16.1 Å². The third-order valence-corrected chi connectivity index (χ3v) is 6.57. The molecule has 2 N–H and O–H groups in total. The van der Waals surface area contributed by atoms with Gasteiger partial charge >= 0.3 is 0 Å². The number of fused-ring (bicyclic) bond motifs is 4. The summed E-state index contributed by atoms with van der Waals surface area (Å²) in [7, 11) is 0. The molecule has 0 radical (unpaired) electrons. The van der Waals surface area contributed by atoms with Gasteiger partial charge in [-0.15, -0.1) is 10.2 Å². The zero-order valence-corrected chi connectivity index (χ0v) is 18.6. The van der Waals surface area contributed by atoms with E-state index in [4.69, 9.17) is 11.6 Å². The Morgan fingerprint density at radius 3 is 2.71 bits per heavy atom. The number of nitrogens with zero attached hydrogens (tertiary/aromatic N) is 4. The molecule has 34 heavy (non-hydrogen) atoms. The Morgan fingerprint density at radius 2 is 1.88 bits per heavy atom. The third-order valence-electron chi connectivity index (χ3n) is 6.22. The zero-order valence-electron chi connectivity index (χ0n) is 17.8. The summed E-state index contributed by atoms with van der Waals surface area (Å²) >= 11 is 6.31. The van der Waals surface area contributed by atoms with Gasteiger partial charge in [0.25, 0.3) is 11.5 Å². The van der Waals surface area contributed by atoms with Crippen molar-refractivity contribution >= 4 is 34.2 Å². The van der Waals surface area contributed by atoms with Gasteiger partial charge in [0.05, 0.1) is 11.0 Å². The van der Waals surface area contributed by atoms with E-state index in [9.17, 15) is 14.7 Å². The molecule has 3 heterocycles. The summed E-state index contributed by atoms with van der Waals surface area (Å²) in [4.78, 5) is 30.6. The Kier molecular flexibility index (Phi) is 4.63. The van der Waals surface area contributed by atoms with Gasteiger partial charge in [0, 0.05) is 29.2 Å². The monoisotopic (exact) mass is 471 g/mol. The van der Waals surface area contributed by atoms with E-state index in [-0.39, 0.29) is 17.3 Å². The van der Waals surface area contributed by atoms with Crippen molar-refractivity contribution in [1.82, 2.24) is 24.5 Å². The van der Waals surface area contributed by atoms with Crippen LogP contribution in [0.5, 0.6) is 5.75 Å². The van der Waals surface area contributed by atoms with E-state index in [1.165, 1.54) is 0 Å². The fourth-order valence-corrected chi connectivity index (χ4v) is 4.81. The van der Waals surface area contributed by atoms with Gasteiger partial charge < -0.3 is 15.0 Å². The molecule has 0 unspecified atom stereocenters. The van der Waals surface area contributed by atoms with E-state index >= 15 is 0 Å². The molecule has 0 fully saturated rings. The van der Waals surface area contributed by atoms with Crippen LogP contribution in [0.15, 0.2) is 65.5 Å². The summed E-state index contributed by atoms with van der Waals surface area (Å²) in [5.41, 5.74) is 4.23. The molecule has 1 aliphatic heterocycles. The van der Waals surface area contributed by atoms with Crippen molar-refractivity contribution in [2.75, 3.05) is 6.54 Å². The van der Waals surface area contributed by atoms with E-state index in [1.807, 2.05) is 18.2 Å².